The smallest absolute Gasteiger partial charge is 0.137 e. The first-order valence-electron chi connectivity index (χ1n) is 4.98. The molecule has 0 fully saturated rings. The van der Waals surface area contributed by atoms with E-state index in [1.54, 1.807) is 18.3 Å². The van der Waals surface area contributed by atoms with E-state index >= 15 is 0 Å². The second-order valence-electron chi connectivity index (χ2n) is 3.87. The molecule has 0 aliphatic rings. The third-order valence-corrected chi connectivity index (χ3v) is 2.12. The molecule has 1 rings (SSSR count). The molecule has 0 aromatic carbocycles. The van der Waals surface area contributed by atoms with Crippen LogP contribution in [0.1, 0.15) is 32.4 Å². The minimum Gasteiger partial charge on any atom is -0.506 e. The van der Waals surface area contributed by atoms with Gasteiger partial charge in [-0.25, -0.2) is 0 Å². The van der Waals surface area contributed by atoms with Crippen molar-refractivity contribution in [3.05, 3.63) is 24.0 Å². The summed E-state index contributed by atoms with van der Waals surface area (Å²) < 4.78 is 0. The molecule has 1 atom stereocenters. The Bertz CT molecular complexity index is 286. The van der Waals surface area contributed by atoms with E-state index in [9.17, 15) is 5.11 Å². The van der Waals surface area contributed by atoms with E-state index in [0.29, 0.717) is 6.04 Å². The molecule has 0 spiro atoms. The Morgan fingerprint density at radius 1 is 1.43 bits per heavy atom. The van der Waals surface area contributed by atoms with Crippen LogP contribution in [0.4, 0.5) is 0 Å². The van der Waals surface area contributed by atoms with E-state index in [1.807, 2.05) is 0 Å². The minimum atomic E-state index is 0.235. The summed E-state index contributed by atoms with van der Waals surface area (Å²) in [5.41, 5.74) is 0.764. The van der Waals surface area contributed by atoms with E-state index in [4.69, 9.17) is 0 Å². The Kier molecular flexibility index (Phi) is 3.89. The van der Waals surface area contributed by atoms with Crippen LogP contribution in [0.3, 0.4) is 0 Å². The Morgan fingerprint density at radius 3 is 2.71 bits per heavy atom. The Labute approximate surface area is 85.2 Å². The summed E-state index contributed by atoms with van der Waals surface area (Å²) in [5, 5.41) is 12.9. The first-order valence-corrected chi connectivity index (χ1v) is 4.98. The highest BCUT2D eigenvalue weighted by molar-refractivity contribution is 5.27. The summed E-state index contributed by atoms with van der Waals surface area (Å²) in [5.74, 6) is 0.518. The van der Waals surface area contributed by atoms with Crippen LogP contribution in [0.25, 0.3) is 0 Å². The lowest BCUT2D eigenvalue weighted by Crippen LogP contribution is -2.27. The predicted molar refractivity (Wildman–Crippen MR) is 57.5 cm³/mol. The molecule has 0 radical (unpaired) electrons. The van der Waals surface area contributed by atoms with Gasteiger partial charge in [-0.05, 0) is 12.1 Å². The van der Waals surface area contributed by atoms with Gasteiger partial charge in [-0.15, -0.1) is 0 Å². The fraction of sp³-hybridized carbons (Fsp3) is 0.545. The van der Waals surface area contributed by atoms with Crippen molar-refractivity contribution < 1.29 is 5.11 Å². The van der Waals surface area contributed by atoms with Crippen molar-refractivity contribution in [1.82, 2.24) is 10.3 Å². The van der Waals surface area contributed by atoms with E-state index < -0.39 is 0 Å². The first-order chi connectivity index (χ1) is 6.61. The monoisotopic (exact) mass is 194 g/mol. The average molecular weight is 194 g/mol. The van der Waals surface area contributed by atoms with Gasteiger partial charge in [0.25, 0.3) is 0 Å². The molecule has 1 heterocycles. The van der Waals surface area contributed by atoms with Crippen molar-refractivity contribution in [2.75, 3.05) is 6.54 Å². The second-order valence-corrected chi connectivity index (χ2v) is 3.87. The average Bonchev–Trinajstić information content (AvgIpc) is 2.15. The van der Waals surface area contributed by atoms with Crippen LogP contribution in [0.15, 0.2) is 18.3 Å². The zero-order valence-electron chi connectivity index (χ0n) is 8.99. The minimum absolute atomic E-state index is 0.235. The van der Waals surface area contributed by atoms with Gasteiger partial charge in [0.05, 0.1) is 5.69 Å². The van der Waals surface area contributed by atoms with Crippen LogP contribution in [0.5, 0.6) is 5.75 Å². The largest absolute Gasteiger partial charge is 0.506 e. The van der Waals surface area contributed by atoms with Crippen LogP contribution in [-0.4, -0.2) is 22.7 Å². The molecule has 3 heteroatoms. The molecule has 1 unspecified atom stereocenters. The lowest BCUT2D eigenvalue weighted by atomic mass is 10.1. The van der Waals surface area contributed by atoms with Crippen LogP contribution >= 0.6 is 0 Å². The molecule has 0 saturated carbocycles. The molecule has 2 N–H and O–H groups in total. The first kappa shape index (κ1) is 11.0. The number of nitrogens with one attached hydrogen (secondary N) is 1. The lowest BCUT2D eigenvalue weighted by Gasteiger charge is -2.15. The van der Waals surface area contributed by atoms with Crippen molar-refractivity contribution in [2.24, 2.45) is 0 Å². The van der Waals surface area contributed by atoms with Crippen molar-refractivity contribution in [3.8, 4) is 5.75 Å². The molecule has 1 aromatic heterocycles. The lowest BCUT2D eigenvalue weighted by molar-refractivity contribution is 0.450. The summed E-state index contributed by atoms with van der Waals surface area (Å²) in [6.07, 6.45) is 1.71. The van der Waals surface area contributed by atoms with Gasteiger partial charge < -0.3 is 10.4 Å². The summed E-state index contributed by atoms with van der Waals surface area (Å²) in [6.45, 7) is 7.09. The van der Waals surface area contributed by atoms with Gasteiger partial charge in [-0.3, -0.25) is 4.98 Å². The molecule has 0 amide bonds. The van der Waals surface area contributed by atoms with Crippen LogP contribution in [0, 0.1) is 0 Å². The number of rotatable bonds is 4. The molecule has 0 bridgehead atoms. The maximum absolute atomic E-state index is 9.56. The third-order valence-electron chi connectivity index (χ3n) is 2.12. The quantitative estimate of drug-likeness (QED) is 0.769. The Balaban J connectivity index is 2.60. The fourth-order valence-electron chi connectivity index (χ4n) is 1.30. The second kappa shape index (κ2) is 4.96. The molecular weight excluding hydrogens is 176 g/mol. The number of pyridine rings is 1. The van der Waals surface area contributed by atoms with E-state index in [2.05, 4.69) is 31.1 Å². The Hall–Kier alpha value is -1.09. The number of hydrogen-bond acceptors (Lipinski definition) is 3. The maximum Gasteiger partial charge on any atom is 0.137 e. The van der Waals surface area contributed by atoms with Gasteiger partial charge in [-0.1, -0.05) is 20.8 Å². The van der Waals surface area contributed by atoms with Crippen LogP contribution in [-0.2, 0) is 0 Å². The summed E-state index contributed by atoms with van der Waals surface area (Å²) in [4.78, 5) is 4.17. The van der Waals surface area contributed by atoms with E-state index in [0.717, 1.165) is 12.2 Å². The van der Waals surface area contributed by atoms with Crippen LogP contribution < -0.4 is 5.32 Å². The number of nitrogens with zero attached hydrogens (tertiary/aromatic N) is 1. The molecule has 0 aliphatic heterocycles. The van der Waals surface area contributed by atoms with Gasteiger partial charge >= 0.3 is 0 Å². The van der Waals surface area contributed by atoms with Gasteiger partial charge in [0, 0.05) is 24.7 Å². The standard InChI is InChI=1S/C11H18N2O/c1-8(2)13-7-9(3)11-10(14)5-4-6-12-11/h4-6,8-9,13-14H,7H2,1-3H3. The van der Waals surface area contributed by atoms with E-state index in [-0.39, 0.29) is 11.7 Å². The molecule has 0 saturated heterocycles. The highest BCUT2D eigenvalue weighted by atomic mass is 16.3. The summed E-state index contributed by atoms with van der Waals surface area (Å²) in [7, 11) is 0. The summed E-state index contributed by atoms with van der Waals surface area (Å²) in [6, 6.07) is 3.87. The Morgan fingerprint density at radius 2 is 2.14 bits per heavy atom. The number of aromatic hydroxyl groups is 1. The van der Waals surface area contributed by atoms with Crippen molar-refractivity contribution in [1.29, 1.82) is 0 Å². The third kappa shape index (κ3) is 3.00. The van der Waals surface area contributed by atoms with Gasteiger partial charge in [0.1, 0.15) is 5.75 Å². The van der Waals surface area contributed by atoms with Gasteiger partial charge in [-0.2, -0.15) is 0 Å². The molecule has 78 valence electrons. The molecule has 0 aliphatic carbocycles. The van der Waals surface area contributed by atoms with Gasteiger partial charge in [0.15, 0.2) is 0 Å². The van der Waals surface area contributed by atoms with Crippen molar-refractivity contribution in [3.63, 3.8) is 0 Å². The molecule has 1 aromatic rings. The maximum atomic E-state index is 9.56. The fourth-order valence-corrected chi connectivity index (χ4v) is 1.30. The van der Waals surface area contributed by atoms with Crippen molar-refractivity contribution in [2.45, 2.75) is 32.7 Å². The highest BCUT2D eigenvalue weighted by Gasteiger charge is 2.11. The predicted octanol–water partition coefficient (Wildman–Crippen LogP) is 1.89. The highest BCUT2D eigenvalue weighted by Crippen LogP contribution is 2.21. The zero-order valence-corrected chi connectivity index (χ0v) is 8.99. The topological polar surface area (TPSA) is 45.2 Å². The SMILES string of the molecule is CC(C)NCC(C)c1ncccc1O. The zero-order chi connectivity index (χ0) is 10.6. The normalized spacial score (nSPS) is 13.1. The number of aromatic nitrogens is 1. The molecule has 14 heavy (non-hydrogen) atoms. The molecular formula is C11H18N2O. The molecule has 3 nitrogen and oxygen atoms in total. The van der Waals surface area contributed by atoms with Crippen molar-refractivity contribution >= 4 is 0 Å². The summed E-state index contributed by atoms with van der Waals surface area (Å²) >= 11 is 0. The van der Waals surface area contributed by atoms with E-state index in [1.165, 1.54) is 0 Å². The van der Waals surface area contributed by atoms with Gasteiger partial charge in [0.2, 0.25) is 0 Å². The van der Waals surface area contributed by atoms with Crippen LogP contribution in [0.2, 0.25) is 0 Å². The number of hydrogen-bond donors (Lipinski definition) is 2.